The van der Waals surface area contributed by atoms with Crippen LogP contribution in [0.25, 0.3) is 21.5 Å². The number of nitrogens with two attached hydrogens (primary N) is 2. The summed E-state index contributed by atoms with van der Waals surface area (Å²) in [6, 6.07) is 20.8. The lowest BCUT2D eigenvalue weighted by molar-refractivity contribution is -0.142. The maximum absolute atomic E-state index is 14.2. The van der Waals surface area contributed by atoms with Crippen LogP contribution in [0, 0.1) is 17.3 Å². The Morgan fingerprint density at radius 3 is 1.30 bits per heavy atom. The van der Waals surface area contributed by atoms with E-state index in [1.54, 1.807) is 74.5 Å². The number of carbonyl (C=O) groups excluding carboxylic acids is 4. The zero-order chi connectivity index (χ0) is 26.2. The zero-order valence-corrected chi connectivity index (χ0v) is 20.3. The van der Waals surface area contributed by atoms with E-state index in [1.807, 2.05) is 12.1 Å². The fraction of sp³-hybridized carbons (Fsp3) is 0.172. The molecule has 8 nitrogen and oxygen atoms in total. The molecule has 2 saturated heterocycles. The SMILES string of the molecule is CC1C(=O)N(c2ccc(N)c3ccccc23)C(=O)C12C(=O)N(c1ccc(N)c3ccccc13)C(=O)[C@@H]2C. The van der Waals surface area contributed by atoms with E-state index in [4.69, 9.17) is 11.5 Å². The van der Waals surface area contributed by atoms with E-state index in [0.717, 1.165) is 9.80 Å². The van der Waals surface area contributed by atoms with E-state index in [-0.39, 0.29) is 0 Å². The minimum absolute atomic E-state index is 0.340. The number of anilines is 4. The molecule has 37 heavy (non-hydrogen) atoms. The Labute approximate surface area is 212 Å². The minimum Gasteiger partial charge on any atom is -0.398 e. The molecule has 4 aromatic carbocycles. The first kappa shape index (κ1) is 22.7. The van der Waals surface area contributed by atoms with E-state index in [1.165, 1.54) is 0 Å². The monoisotopic (exact) mass is 492 g/mol. The third-order valence-corrected chi connectivity index (χ3v) is 8.01. The van der Waals surface area contributed by atoms with E-state index >= 15 is 0 Å². The maximum Gasteiger partial charge on any atom is 0.251 e. The number of nitrogen functional groups attached to an aromatic ring is 2. The van der Waals surface area contributed by atoms with E-state index in [9.17, 15) is 19.2 Å². The molecule has 1 spiro atoms. The smallest absolute Gasteiger partial charge is 0.251 e. The molecular weight excluding hydrogens is 468 g/mol. The summed E-state index contributed by atoms with van der Waals surface area (Å²) >= 11 is 0. The van der Waals surface area contributed by atoms with Gasteiger partial charge in [0.05, 0.1) is 23.2 Å². The fourth-order valence-electron chi connectivity index (χ4n) is 6.01. The van der Waals surface area contributed by atoms with Crippen LogP contribution in [0.3, 0.4) is 0 Å². The standard InChI is InChI=1S/C29H24N4O4/c1-15-25(34)32(23-13-11-21(30)17-7-3-5-9-19(17)23)27(36)29(15)16(2)26(35)33(28(29)37)24-14-12-22(31)18-8-4-6-10-20(18)24/h3-16H,30-31H2,1-2H3/t15-,16?,29?/m0/s1. The Morgan fingerprint density at radius 1 is 0.568 bits per heavy atom. The summed E-state index contributed by atoms with van der Waals surface area (Å²) in [4.78, 5) is 57.9. The van der Waals surface area contributed by atoms with Gasteiger partial charge in [0.1, 0.15) is 0 Å². The molecule has 0 saturated carbocycles. The van der Waals surface area contributed by atoms with Gasteiger partial charge in [-0.05, 0) is 24.3 Å². The molecule has 8 heteroatoms. The van der Waals surface area contributed by atoms with Gasteiger partial charge in [0.25, 0.3) is 11.8 Å². The van der Waals surface area contributed by atoms with Gasteiger partial charge in [-0.3, -0.25) is 19.2 Å². The largest absolute Gasteiger partial charge is 0.398 e. The normalized spacial score (nSPS) is 23.8. The third kappa shape index (κ3) is 2.72. The van der Waals surface area contributed by atoms with Crippen LogP contribution >= 0.6 is 0 Å². The van der Waals surface area contributed by atoms with Crippen LogP contribution in [0.2, 0.25) is 0 Å². The van der Waals surface area contributed by atoms with Gasteiger partial charge in [0.2, 0.25) is 11.8 Å². The highest BCUT2D eigenvalue weighted by Crippen LogP contribution is 2.53. The Kier molecular flexibility index (Phi) is 4.69. The number of hydrogen-bond acceptors (Lipinski definition) is 6. The molecule has 6 rings (SSSR count). The van der Waals surface area contributed by atoms with Crippen LogP contribution in [0.15, 0.2) is 72.8 Å². The molecule has 2 aliphatic rings. The summed E-state index contributed by atoms with van der Waals surface area (Å²) < 4.78 is 0. The van der Waals surface area contributed by atoms with Gasteiger partial charge in [0, 0.05) is 32.9 Å². The number of benzene rings is 4. The van der Waals surface area contributed by atoms with Crippen molar-refractivity contribution in [3.63, 3.8) is 0 Å². The summed E-state index contributed by atoms with van der Waals surface area (Å²) in [5, 5.41) is 2.59. The number of hydrogen-bond donors (Lipinski definition) is 2. The van der Waals surface area contributed by atoms with Crippen LogP contribution in [-0.2, 0) is 19.2 Å². The Bertz CT molecular complexity index is 1570. The second kappa shape index (κ2) is 7.64. The van der Waals surface area contributed by atoms with Crippen molar-refractivity contribution in [2.45, 2.75) is 13.8 Å². The molecule has 2 heterocycles. The highest BCUT2D eigenvalue weighted by Gasteiger charge is 2.72. The first-order valence-corrected chi connectivity index (χ1v) is 12.0. The number of nitrogens with zero attached hydrogens (tertiary/aromatic N) is 2. The molecule has 4 amide bonds. The van der Waals surface area contributed by atoms with Crippen molar-refractivity contribution < 1.29 is 19.2 Å². The fourth-order valence-corrected chi connectivity index (χ4v) is 6.01. The van der Waals surface area contributed by atoms with E-state index < -0.39 is 40.9 Å². The average Bonchev–Trinajstić information content (AvgIpc) is 3.23. The summed E-state index contributed by atoms with van der Waals surface area (Å²) in [5.41, 5.74) is 12.1. The molecular formula is C29H24N4O4. The third-order valence-electron chi connectivity index (χ3n) is 8.01. The maximum atomic E-state index is 14.2. The van der Waals surface area contributed by atoms with Crippen molar-refractivity contribution in [3.8, 4) is 0 Å². The van der Waals surface area contributed by atoms with Crippen molar-refractivity contribution in [3.05, 3.63) is 72.8 Å². The number of carbonyl (C=O) groups is 4. The first-order chi connectivity index (χ1) is 17.7. The van der Waals surface area contributed by atoms with Gasteiger partial charge < -0.3 is 11.5 Å². The molecule has 0 radical (unpaired) electrons. The van der Waals surface area contributed by atoms with Crippen LogP contribution in [0.4, 0.5) is 22.7 Å². The number of amides is 4. The van der Waals surface area contributed by atoms with Gasteiger partial charge >= 0.3 is 0 Å². The molecule has 2 aliphatic heterocycles. The molecule has 2 fully saturated rings. The summed E-state index contributed by atoms with van der Waals surface area (Å²) in [5.74, 6) is -4.56. The Balaban J connectivity index is 1.53. The van der Waals surface area contributed by atoms with Crippen LogP contribution in [0.1, 0.15) is 13.8 Å². The lowest BCUT2D eigenvalue weighted by Crippen LogP contribution is -2.46. The molecule has 3 atom stereocenters. The van der Waals surface area contributed by atoms with Crippen molar-refractivity contribution >= 4 is 67.9 Å². The summed E-state index contributed by atoms with van der Waals surface area (Å²) in [6.07, 6.45) is 0. The number of rotatable bonds is 2. The van der Waals surface area contributed by atoms with Crippen LogP contribution in [-0.4, -0.2) is 23.6 Å². The van der Waals surface area contributed by atoms with Crippen LogP contribution in [0.5, 0.6) is 0 Å². The Morgan fingerprint density at radius 2 is 0.919 bits per heavy atom. The average molecular weight is 493 g/mol. The van der Waals surface area contributed by atoms with Gasteiger partial charge in [0.15, 0.2) is 5.41 Å². The first-order valence-electron chi connectivity index (χ1n) is 12.0. The Hall–Kier alpha value is -4.72. The molecule has 0 aliphatic carbocycles. The van der Waals surface area contributed by atoms with Crippen molar-refractivity contribution in [2.75, 3.05) is 21.3 Å². The van der Waals surface area contributed by atoms with Gasteiger partial charge in [-0.25, -0.2) is 9.80 Å². The zero-order valence-electron chi connectivity index (χ0n) is 20.3. The van der Waals surface area contributed by atoms with E-state index in [2.05, 4.69) is 0 Å². The molecule has 184 valence electrons. The molecule has 4 N–H and O–H groups in total. The van der Waals surface area contributed by atoms with Crippen molar-refractivity contribution in [2.24, 2.45) is 17.3 Å². The minimum atomic E-state index is -1.86. The van der Waals surface area contributed by atoms with Crippen molar-refractivity contribution in [1.82, 2.24) is 0 Å². The lowest BCUT2D eigenvalue weighted by atomic mass is 9.70. The number of fused-ring (bicyclic) bond motifs is 2. The van der Waals surface area contributed by atoms with Crippen LogP contribution < -0.4 is 21.3 Å². The lowest BCUT2D eigenvalue weighted by Gasteiger charge is -2.26. The highest BCUT2D eigenvalue weighted by atomic mass is 16.2. The quantitative estimate of drug-likeness (QED) is 0.249. The topological polar surface area (TPSA) is 127 Å². The number of imide groups is 2. The van der Waals surface area contributed by atoms with E-state index in [0.29, 0.717) is 44.3 Å². The predicted molar refractivity (Wildman–Crippen MR) is 142 cm³/mol. The second-order valence-corrected chi connectivity index (χ2v) is 9.71. The molecule has 0 aromatic heterocycles. The van der Waals surface area contributed by atoms with Gasteiger partial charge in [-0.2, -0.15) is 0 Å². The molecule has 0 bridgehead atoms. The second-order valence-electron chi connectivity index (χ2n) is 9.71. The van der Waals surface area contributed by atoms with Crippen molar-refractivity contribution in [1.29, 1.82) is 0 Å². The predicted octanol–water partition coefficient (Wildman–Crippen LogP) is 3.86. The molecule has 4 aromatic rings. The van der Waals surface area contributed by atoms with Gasteiger partial charge in [-0.15, -0.1) is 0 Å². The highest BCUT2D eigenvalue weighted by molar-refractivity contribution is 6.41. The molecule has 2 unspecified atom stereocenters. The summed E-state index contributed by atoms with van der Waals surface area (Å²) in [7, 11) is 0. The summed E-state index contributed by atoms with van der Waals surface area (Å²) in [6.45, 7) is 3.10. The van der Waals surface area contributed by atoms with Gasteiger partial charge in [-0.1, -0.05) is 62.4 Å².